The molecule has 0 fully saturated rings. The minimum atomic E-state index is -0.413. The van der Waals surface area contributed by atoms with Crippen LogP contribution in [0, 0.1) is 13.8 Å². The molecule has 0 unspecified atom stereocenters. The van der Waals surface area contributed by atoms with Gasteiger partial charge >= 0.3 is 6.03 Å². The van der Waals surface area contributed by atoms with Gasteiger partial charge in [-0.2, -0.15) is 5.10 Å². The summed E-state index contributed by atoms with van der Waals surface area (Å²) in [5.41, 5.74) is 6.30. The van der Waals surface area contributed by atoms with Crippen molar-refractivity contribution < 1.29 is 14.3 Å². The Balaban J connectivity index is 1.44. The Hall–Kier alpha value is -3.80. The summed E-state index contributed by atoms with van der Waals surface area (Å²) in [7, 11) is 0. The van der Waals surface area contributed by atoms with Gasteiger partial charge in [-0.1, -0.05) is 36.4 Å². The molecule has 3 rings (SSSR count). The SMILES string of the molecule is Cc1cc(C)cc(OCCCOc2ccccc2/C=N/NC(=O)Nc2ccccc2)c1. The Morgan fingerprint density at radius 3 is 2.35 bits per heavy atom. The van der Waals surface area contributed by atoms with Gasteiger partial charge in [0.15, 0.2) is 0 Å². The van der Waals surface area contributed by atoms with Crippen LogP contribution in [0.15, 0.2) is 77.9 Å². The second-order valence-corrected chi connectivity index (χ2v) is 7.10. The minimum Gasteiger partial charge on any atom is -0.493 e. The van der Waals surface area contributed by atoms with Crippen LogP contribution in [-0.4, -0.2) is 25.5 Å². The van der Waals surface area contributed by atoms with Gasteiger partial charge in [0.2, 0.25) is 0 Å². The van der Waals surface area contributed by atoms with Gasteiger partial charge in [0.1, 0.15) is 11.5 Å². The van der Waals surface area contributed by atoms with Crippen molar-refractivity contribution in [3.63, 3.8) is 0 Å². The van der Waals surface area contributed by atoms with Gasteiger partial charge in [-0.3, -0.25) is 0 Å². The second-order valence-electron chi connectivity index (χ2n) is 7.10. The lowest BCUT2D eigenvalue weighted by Crippen LogP contribution is -2.24. The van der Waals surface area contributed by atoms with Gasteiger partial charge in [-0.15, -0.1) is 0 Å². The van der Waals surface area contributed by atoms with Crippen LogP contribution in [0.2, 0.25) is 0 Å². The van der Waals surface area contributed by atoms with Crippen molar-refractivity contribution in [2.75, 3.05) is 18.5 Å². The number of hydrazone groups is 1. The third-order valence-corrected chi connectivity index (χ3v) is 4.33. The molecule has 0 aliphatic rings. The van der Waals surface area contributed by atoms with Crippen LogP contribution in [0.25, 0.3) is 0 Å². The molecule has 2 N–H and O–H groups in total. The number of hydrogen-bond donors (Lipinski definition) is 2. The van der Waals surface area contributed by atoms with Gasteiger partial charge < -0.3 is 14.8 Å². The molecule has 3 aromatic carbocycles. The lowest BCUT2D eigenvalue weighted by Gasteiger charge is -2.11. The monoisotopic (exact) mass is 417 g/mol. The number of nitrogens with one attached hydrogen (secondary N) is 2. The van der Waals surface area contributed by atoms with Crippen molar-refractivity contribution in [1.82, 2.24) is 5.43 Å². The molecule has 0 aliphatic heterocycles. The highest BCUT2D eigenvalue weighted by molar-refractivity contribution is 5.90. The number of carbonyl (C=O) groups is 1. The van der Waals surface area contributed by atoms with Crippen LogP contribution in [-0.2, 0) is 0 Å². The van der Waals surface area contributed by atoms with E-state index in [1.54, 1.807) is 18.3 Å². The number of rotatable bonds is 9. The average molecular weight is 418 g/mol. The fourth-order valence-electron chi connectivity index (χ4n) is 3.01. The lowest BCUT2D eigenvalue weighted by molar-refractivity contribution is 0.247. The summed E-state index contributed by atoms with van der Waals surface area (Å²) in [5, 5.41) is 6.71. The number of nitrogens with zero attached hydrogens (tertiary/aromatic N) is 1. The maximum absolute atomic E-state index is 11.9. The van der Waals surface area contributed by atoms with E-state index in [9.17, 15) is 4.79 Å². The first-order chi connectivity index (χ1) is 15.1. The van der Waals surface area contributed by atoms with E-state index in [-0.39, 0.29) is 0 Å². The van der Waals surface area contributed by atoms with Crippen LogP contribution in [0.3, 0.4) is 0 Å². The second kappa shape index (κ2) is 11.4. The Morgan fingerprint density at radius 1 is 0.903 bits per heavy atom. The predicted octanol–water partition coefficient (Wildman–Crippen LogP) is 5.31. The quantitative estimate of drug-likeness (QED) is 0.282. The van der Waals surface area contributed by atoms with Crippen molar-refractivity contribution in [3.8, 4) is 11.5 Å². The maximum atomic E-state index is 11.9. The molecule has 6 nitrogen and oxygen atoms in total. The Kier molecular flexibility index (Phi) is 8.05. The summed E-state index contributed by atoms with van der Waals surface area (Å²) >= 11 is 0. The molecule has 0 bridgehead atoms. The van der Waals surface area contributed by atoms with Crippen molar-refractivity contribution in [2.24, 2.45) is 5.10 Å². The summed E-state index contributed by atoms with van der Waals surface area (Å²) < 4.78 is 11.7. The molecule has 31 heavy (non-hydrogen) atoms. The van der Waals surface area contributed by atoms with E-state index >= 15 is 0 Å². The third kappa shape index (κ3) is 7.51. The van der Waals surface area contributed by atoms with Crippen molar-refractivity contribution >= 4 is 17.9 Å². The molecular formula is C25H27N3O3. The fraction of sp³-hybridized carbons (Fsp3) is 0.200. The first kappa shape index (κ1) is 21.9. The molecule has 6 heteroatoms. The van der Waals surface area contributed by atoms with Gasteiger partial charge in [-0.05, 0) is 61.4 Å². The highest BCUT2D eigenvalue weighted by atomic mass is 16.5. The summed E-state index contributed by atoms with van der Waals surface area (Å²) in [4.78, 5) is 11.9. The molecule has 0 aromatic heterocycles. The van der Waals surface area contributed by atoms with E-state index in [1.165, 1.54) is 11.1 Å². The largest absolute Gasteiger partial charge is 0.493 e. The number of aryl methyl sites for hydroxylation is 2. The van der Waals surface area contributed by atoms with E-state index in [2.05, 4.69) is 35.8 Å². The van der Waals surface area contributed by atoms with E-state index in [1.807, 2.05) is 54.6 Å². The Morgan fingerprint density at radius 2 is 1.58 bits per heavy atom. The van der Waals surface area contributed by atoms with Gasteiger partial charge in [0.05, 0.1) is 19.4 Å². The van der Waals surface area contributed by atoms with Crippen LogP contribution in [0.5, 0.6) is 11.5 Å². The predicted molar refractivity (Wildman–Crippen MR) is 124 cm³/mol. The molecule has 0 heterocycles. The van der Waals surface area contributed by atoms with Crippen LogP contribution >= 0.6 is 0 Å². The highest BCUT2D eigenvalue weighted by Crippen LogP contribution is 2.18. The van der Waals surface area contributed by atoms with E-state index in [0.717, 1.165) is 17.7 Å². The number of amides is 2. The number of benzene rings is 3. The van der Waals surface area contributed by atoms with Crippen molar-refractivity contribution in [2.45, 2.75) is 20.3 Å². The first-order valence-electron chi connectivity index (χ1n) is 10.2. The van der Waals surface area contributed by atoms with Crippen LogP contribution < -0.4 is 20.2 Å². The summed E-state index contributed by atoms with van der Waals surface area (Å²) in [6, 6.07) is 22.5. The Labute approximate surface area is 182 Å². The standard InChI is InChI=1S/C25H27N3O3/c1-19-15-20(2)17-23(16-19)30-13-8-14-31-24-12-7-6-9-21(24)18-26-28-25(29)27-22-10-4-3-5-11-22/h3-7,9-12,15-18H,8,13-14H2,1-2H3,(H2,27,28,29)/b26-18+. The molecule has 3 aromatic rings. The molecule has 0 radical (unpaired) electrons. The first-order valence-corrected chi connectivity index (χ1v) is 10.2. The zero-order chi connectivity index (χ0) is 21.9. The zero-order valence-corrected chi connectivity index (χ0v) is 17.8. The lowest BCUT2D eigenvalue weighted by atomic mass is 10.1. The normalized spacial score (nSPS) is 10.6. The molecule has 0 aliphatic carbocycles. The highest BCUT2D eigenvalue weighted by Gasteiger charge is 2.03. The third-order valence-electron chi connectivity index (χ3n) is 4.33. The molecule has 2 amide bonds. The molecule has 0 atom stereocenters. The number of para-hydroxylation sites is 2. The summed E-state index contributed by atoms with van der Waals surface area (Å²) in [6.07, 6.45) is 2.31. The van der Waals surface area contributed by atoms with E-state index in [4.69, 9.17) is 9.47 Å². The molecular weight excluding hydrogens is 390 g/mol. The minimum absolute atomic E-state index is 0.413. The van der Waals surface area contributed by atoms with Crippen LogP contribution in [0.4, 0.5) is 10.5 Å². The summed E-state index contributed by atoms with van der Waals surface area (Å²) in [6.45, 7) is 5.20. The van der Waals surface area contributed by atoms with Crippen molar-refractivity contribution in [3.05, 3.63) is 89.5 Å². The van der Waals surface area contributed by atoms with Crippen LogP contribution in [0.1, 0.15) is 23.1 Å². The van der Waals surface area contributed by atoms with Gasteiger partial charge in [0, 0.05) is 17.7 Å². The number of anilines is 1. The zero-order valence-electron chi connectivity index (χ0n) is 17.8. The number of urea groups is 1. The number of carbonyl (C=O) groups excluding carboxylic acids is 1. The summed E-state index contributed by atoms with van der Waals surface area (Å²) in [5.74, 6) is 1.58. The number of ether oxygens (including phenoxy) is 2. The Bertz CT molecular complexity index is 999. The van der Waals surface area contributed by atoms with Gasteiger partial charge in [-0.25, -0.2) is 10.2 Å². The molecule has 160 valence electrons. The topological polar surface area (TPSA) is 72.0 Å². The number of hydrogen-bond acceptors (Lipinski definition) is 4. The molecule has 0 spiro atoms. The smallest absolute Gasteiger partial charge is 0.339 e. The molecule has 0 saturated carbocycles. The average Bonchev–Trinajstić information content (AvgIpc) is 2.74. The van der Waals surface area contributed by atoms with E-state index < -0.39 is 6.03 Å². The molecule has 0 saturated heterocycles. The fourth-order valence-corrected chi connectivity index (χ4v) is 3.01. The van der Waals surface area contributed by atoms with Crippen molar-refractivity contribution in [1.29, 1.82) is 0 Å². The van der Waals surface area contributed by atoms with E-state index in [0.29, 0.717) is 24.7 Å². The van der Waals surface area contributed by atoms with Gasteiger partial charge in [0.25, 0.3) is 0 Å². The maximum Gasteiger partial charge on any atom is 0.339 e.